The Balaban J connectivity index is 1.35. The quantitative estimate of drug-likeness (QED) is 0.245. The molecule has 12 heteroatoms. The number of halogens is 2. The van der Waals surface area contributed by atoms with E-state index in [1.54, 1.807) is 42.3 Å². The number of aliphatic hydroxyl groups is 1. The minimum atomic E-state index is -0.686. The van der Waals surface area contributed by atoms with Crippen LogP contribution in [0.1, 0.15) is 42.5 Å². The lowest BCUT2D eigenvalue weighted by molar-refractivity contribution is -0.153. The fourth-order valence-electron chi connectivity index (χ4n) is 5.00. The van der Waals surface area contributed by atoms with Crippen LogP contribution < -0.4 is 14.8 Å². The average molecular weight is 579 g/mol. The van der Waals surface area contributed by atoms with Gasteiger partial charge in [0.05, 0.1) is 44.6 Å². The van der Waals surface area contributed by atoms with Crippen LogP contribution in [0.2, 0.25) is 0 Å². The van der Waals surface area contributed by atoms with Crippen LogP contribution in [0.15, 0.2) is 42.9 Å². The number of aliphatic hydroxyl groups excluding tert-OH is 1. The number of rotatable bonds is 12. The third-order valence-electron chi connectivity index (χ3n) is 7.53. The van der Waals surface area contributed by atoms with E-state index in [4.69, 9.17) is 24.3 Å². The normalized spacial score (nSPS) is 15.7. The van der Waals surface area contributed by atoms with E-state index in [1.807, 2.05) is 6.92 Å². The molecule has 2 fully saturated rings. The lowest BCUT2D eigenvalue weighted by atomic mass is 9.88. The zero-order valence-electron chi connectivity index (χ0n) is 23.4. The topological polar surface area (TPSA) is 116 Å². The van der Waals surface area contributed by atoms with Gasteiger partial charge >= 0.3 is 0 Å². The predicted octanol–water partition coefficient (Wildman–Crippen LogP) is 4.78. The van der Waals surface area contributed by atoms with Crippen LogP contribution in [0, 0.1) is 24.0 Å². The van der Waals surface area contributed by atoms with Crippen LogP contribution in [0.3, 0.4) is 0 Å². The first kappa shape index (κ1) is 28.0. The van der Waals surface area contributed by atoms with Crippen molar-refractivity contribution in [2.75, 3.05) is 38.4 Å². The molecule has 3 aromatic heterocycles. The number of hydrogen-bond donors (Lipinski definition) is 2. The minimum absolute atomic E-state index is 0.0603. The summed E-state index contributed by atoms with van der Waals surface area (Å²) in [7, 11) is 0. The second-order valence-electron chi connectivity index (χ2n) is 10.8. The van der Waals surface area contributed by atoms with Gasteiger partial charge in [0.2, 0.25) is 0 Å². The first-order valence-electron chi connectivity index (χ1n) is 13.9. The van der Waals surface area contributed by atoms with E-state index in [0.29, 0.717) is 42.9 Å². The van der Waals surface area contributed by atoms with E-state index in [9.17, 15) is 13.9 Å². The molecule has 2 N–H and O–H groups in total. The SMILES string of the molecule is CCOc1cc(F)c(Cn2nc(-c3ncc(OCC4(CO)COC4)c(Nc4ccncc4)n3)c(C)c2C2CC2)c(F)c1. The molecule has 0 unspecified atom stereocenters. The first-order valence-corrected chi connectivity index (χ1v) is 13.9. The first-order chi connectivity index (χ1) is 20.4. The Morgan fingerprint density at radius 2 is 1.88 bits per heavy atom. The van der Waals surface area contributed by atoms with Gasteiger partial charge in [0.15, 0.2) is 17.4 Å². The lowest BCUT2D eigenvalue weighted by Gasteiger charge is -2.39. The number of hydrogen-bond acceptors (Lipinski definition) is 9. The summed E-state index contributed by atoms with van der Waals surface area (Å²) in [6, 6.07) is 5.99. The molecule has 1 aliphatic carbocycles. The van der Waals surface area contributed by atoms with Crippen molar-refractivity contribution in [3.63, 3.8) is 0 Å². The molecular weight excluding hydrogens is 546 g/mol. The Morgan fingerprint density at radius 3 is 2.50 bits per heavy atom. The van der Waals surface area contributed by atoms with Gasteiger partial charge in [-0.15, -0.1) is 0 Å². The summed E-state index contributed by atoms with van der Waals surface area (Å²) in [5, 5.41) is 17.9. The fourth-order valence-corrected chi connectivity index (χ4v) is 5.00. The molecule has 1 saturated carbocycles. The van der Waals surface area contributed by atoms with Crippen LogP contribution in [-0.4, -0.2) is 62.9 Å². The Bertz CT molecular complexity index is 1550. The third kappa shape index (κ3) is 5.64. The van der Waals surface area contributed by atoms with Gasteiger partial charge in [-0.3, -0.25) is 9.67 Å². The summed E-state index contributed by atoms with van der Waals surface area (Å²) in [5.41, 5.74) is 2.49. The van der Waals surface area contributed by atoms with Crippen molar-refractivity contribution in [2.45, 2.75) is 39.2 Å². The van der Waals surface area contributed by atoms with Crippen molar-refractivity contribution in [3.8, 4) is 23.0 Å². The summed E-state index contributed by atoms with van der Waals surface area (Å²) in [6.45, 7) is 4.91. The van der Waals surface area contributed by atoms with Gasteiger partial charge in [0, 0.05) is 53.0 Å². The Kier molecular flexibility index (Phi) is 7.74. The van der Waals surface area contributed by atoms with Crippen molar-refractivity contribution in [2.24, 2.45) is 5.41 Å². The largest absolute Gasteiger partial charge is 0.494 e. The number of benzene rings is 1. The molecule has 4 aromatic rings. The second kappa shape index (κ2) is 11.6. The van der Waals surface area contributed by atoms with Gasteiger partial charge in [-0.25, -0.2) is 18.7 Å². The van der Waals surface area contributed by atoms with Crippen molar-refractivity contribution in [1.82, 2.24) is 24.7 Å². The van der Waals surface area contributed by atoms with Crippen LogP contribution in [-0.2, 0) is 11.3 Å². The highest BCUT2D eigenvalue weighted by Crippen LogP contribution is 2.44. The smallest absolute Gasteiger partial charge is 0.182 e. The molecule has 0 amide bonds. The van der Waals surface area contributed by atoms with Gasteiger partial charge < -0.3 is 24.6 Å². The number of anilines is 2. The highest BCUT2D eigenvalue weighted by atomic mass is 19.1. The molecule has 0 bridgehead atoms. The summed E-state index contributed by atoms with van der Waals surface area (Å²) >= 11 is 0. The Hall–Kier alpha value is -4.16. The van der Waals surface area contributed by atoms with Gasteiger partial charge in [-0.1, -0.05) is 0 Å². The summed E-state index contributed by atoms with van der Waals surface area (Å²) in [4.78, 5) is 13.4. The maximum atomic E-state index is 15.0. The maximum absolute atomic E-state index is 15.0. The van der Waals surface area contributed by atoms with Crippen LogP contribution in [0.25, 0.3) is 11.5 Å². The van der Waals surface area contributed by atoms with Crippen LogP contribution >= 0.6 is 0 Å². The van der Waals surface area contributed by atoms with Crippen LogP contribution in [0.5, 0.6) is 11.5 Å². The molecule has 1 aromatic carbocycles. The number of aromatic nitrogens is 5. The van der Waals surface area contributed by atoms with Crippen molar-refractivity contribution in [3.05, 3.63) is 71.3 Å². The fraction of sp³-hybridized carbons (Fsp3) is 0.400. The lowest BCUT2D eigenvalue weighted by Crippen LogP contribution is -2.50. The van der Waals surface area contributed by atoms with Gasteiger partial charge in [0.1, 0.15) is 29.7 Å². The second-order valence-corrected chi connectivity index (χ2v) is 10.8. The van der Waals surface area contributed by atoms with E-state index < -0.39 is 17.0 Å². The molecule has 6 rings (SSSR count). The summed E-state index contributed by atoms with van der Waals surface area (Å²) in [5.74, 6) is 0.169. The van der Waals surface area contributed by atoms with E-state index in [2.05, 4.69) is 15.3 Å². The molecule has 1 aliphatic heterocycles. The van der Waals surface area contributed by atoms with Crippen LogP contribution in [0.4, 0.5) is 20.3 Å². The molecule has 0 spiro atoms. The molecule has 220 valence electrons. The zero-order chi connectivity index (χ0) is 29.3. The predicted molar refractivity (Wildman–Crippen MR) is 150 cm³/mol. The Labute approximate surface area is 241 Å². The van der Waals surface area contributed by atoms with E-state index >= 15 is 0 Å². The number of pyridine rings is 1. The van der Waals surface area contributed by atoms with E-state index in [1.165, 1.54) is 12.1 Å². The van der Waals surface area contributed by atoms with E-state index in [0.717, 1.165) is 29.8 Å². The van der Waals surface area contributed by atoms with Crippen molar-refractivity contribution < 1.29 is 28.1 Å². The average Bonchev–Trinajstić information content (AvgIpc) is 3.74. The number of nitrogens with zero attached hydrogens (tertiary/aromatic N) is 5. The molecule has 4 heterocycles. The minimum Gasteiger partial charge on any atom is -0.494 e. The van der Waals surface area contributed by atoms with Crippen molar-refractivity contribution >= 4 is 11.5 Å². The monoisotopic (exact) mass is 578 g/mol. The van der Waals surface area contributed by atoms with E-state index in [-0.39, 0.29) is 37.0 Å². The van der Waals surface area contributed by atoms with Gasteiger partial charge in [-0.05, 0) is 38.8 Å². The summed E-state index contributed by atoms with van der Waals surface area (Å²) < 4.78 is 48.3. The summed E-state index contributed by atoms with van der Waals surface area (Å²) in [6.07, 6.45) is 6.82. The molecule has 10 nitrogen and oxygen atoms in total. The van der Waals surface area contributed by atoms with Crippen molar-refractivity contribution in [1.29, 1.82) is 0 Å². The highest BCUT2D eigenvalue weighted by molar-refractivity contribution is 5.66. The highest BCUT2D eigenvalue weighted by Gasteiger charge is 2.39. The molecule has 0 atom stereocenters. The third-order valence-corrected chi connectivity index (χ3v) is 7.53. The maximum Gasteiger partial charge on any atom is 0.182 e. The zero-order valence-corrected chi connectivity index (χ0v) is 23.4. The van der Waals surface area contributed by atoms with Gasteiger partial charge in [-0.2, -0.15) is 5.10 Å². The Morgan fingerprint density at radius 1 is 1.14 bits per heavy atom. The number of ether oxygens (including phenoxy) is 3. The number of nitrogens with one attached hydrogen (secondary N) is 1. The molecule has 1 saturated heterocycles. The molecule has 0 radical (unpaired) electrons. The van der Waals surface area contributed by atoms with Gasteiger partial charge in [0.25, 0.3) is 0 Å². The molecule has 2 aliphatic rings. The standard InChI is InChI=1S/C30H32F2N6O4/c1-3-41-21-10-23(31)22(24(32)11-21)13-38-27(19-4-5-19)18(2)26(37-38)29-34-12-25(42-17-30(14-39)15-40-16-30)28(36-29)35-20-6-8-33-9-7-20/h6-12,19,39H,3-5,13-17H2,1-2H3,(H,33,34,35,36). The molecule has 42 heavy (non-hydrogen) atoms. The molecular formula is C30H32F2N6O4.